The number of hydrogen-bond acceptors (Lipinski definition) is 9. The lowest BCUT2D eigenvalue weighted by Crippen LogP contribution is -2.25. The highest BCUT2D eigenvalue weighted by molar-refractivity contribution is 8.01. The summed E-state index contributed by atoms with van der Waals surface area (Å²) < 4.78 is 11.3. The van der Waals surface area contributed by atoms with Gasteiger partial charge in [-0.05, 0) is 30.3 Å². The normalized spacial score (nSPS) is 12.5. The van der Waals surface area contributed by atoms with Crippen LogP contribution in [0.4, 0.5) is 16.5 Å². The van der Waals surface area contributed by atoms with E-state index in [2.05, 4.69) is 20.8 Å². The molecule has 2 N–H and O–H groups in total. The number of methoxy groups -OCH3 is 1. The number of anilines is 3. The lowest BCUT2D eigenvalue weighted by molar-refractivity contribution is -0.118. The summed E-state index contributed by atoms with van der Waals surface area (Å²) in [7, 11) is 1.60. The van der Waals surface area contributed by atoms with E-state index in [0.29, 0.717) is 32.2 Å². The summed E-state index contributed by atoms with van der Waals surface area (Å²) in [5.74, 6) is 1.16. The van der Waals surface area contributed by atoms with Gasteiger partial charge in [0.15, 0.2) is 16.7 Å². The SMILES string of the molecule is COc1ccccc1Nc1nnc(SCC(=O)c2ccc3c(c2)NC(=O)CO3)s1. The number of benzene rings is 2. The van der Waals surface area contributed by atoms with Crippen molar-refractivity contribution in [2.45, 2.75) is 4.34 Å². The molecule has 29 heavy (non-hydrogen) atoms. The number of fused-ring (bicyclic) bond motifs is 1. The lowest BCUT2D eigenvalue weighted by atomic mass is 10.1. The first kappa shape index (κ1) is 19.2. The molecule has 0 atom stereocenters. The van der Waals surface area contributed by atoms with Crippen LogP contribution in [0.3, 0.4) is 0 Å². The second-order valence-corrected chi connectivity index (χ2v) is 8.16. The molecule has 8 nitrogen and oxygen atoms in total. The maximum atomic E-state index is 12.5. The molecule has 0 fully saturated rings. The van der Waals surface area contributed by atoms with Crippen LogP contribution >= 0.6 is 23.1 Å². The predicted molar refractivity (Wildman–Crippen MR) is 112 cm³/mol. The number of carbonyl (C=O) groups excluding carboxylic acids is 2. The van der Waals surface area contributed by atoms with Gasteiger partial charge in [0.05, 0.1) is 24.2 Å². The number of hydrogen-bond donors (Lipinski definition) is 2. The molecule has 1 aliphatic rings. The Kier molecular flexibility index (Phi) is 5.63. The third kappa shape index (κ3) is 4.49. The Balaban J connectivity index is 1.38. The highest BCUT2D eigenvalue weighted by Crippen LogP contribution is 2.32. The molecule has 0 aliphatic carbocycles. The van der Waals surface area contributed by atoms with Crippen LogP contribution in [0, 0.1) is 0 Å². The zero-order valence-corrected chi connectivity index (χ0v) is 16.9. The monoisotopic (exact) mass is 428 g/mol. The minimum atomic E-state index is -0.236. The van der Waals surface area contributed by atoms with Crippen molar-refractivity contribution in [3.05, 3.63) is 48.0 Å². The number of rotatable bonds is 7. The maximum absolute atomic E-state index is 12.5. The number of amides is 1. The molecule has 4 rings (SSSR count). The second kappa shape index (κ2) is 8.50. The number of carbonyl (C=O) groups is 2. The molecule has 148 valence electrons. The first-order valence-corrected chi connectivity index (χ1v) is 10.4. The Labute approximate surface area is 174 Å². The molecule has 0 spiro atoms. The van der Waals surface area contributed by atoms with Crippen LogP contribution in [0.15, 0.2) is 46.8 Å². The summed E-state index contributed by atoms with van der Waals surface area (Å²) in [5, 5.41) is 14.7. The summed E-state index contributed by atoms with van der Waals surface area (Å²) in [5.41, 5.74) is 1.80. The van der Waals surface area contributed by atoms with Crippen LogP contribution in [-0.4, -0.2) is 41.4 Å². The minimum Gasteiger partial charge on any atom is -0.495 e. The van der Waals surface area contributed by atoms with Gasteiger partial charge in [-0.3, -0.25) is 9.59 Å². The average Bonchev–Trinajstić information content (AvgIpc) is 3.19. The van der Waals surface area contributed by atoms with Crippen LogP contribution in [0.1, 0.15) is 10.4 Å². The van der Waals surface area contributed by atoms with E-state index < -0.39 is 0 Å². The van der Waals surface area contributed by atoms with Gasteiger partial charge in [-0.1, -0.05) is 35.2 Å². The summed E-state index contributed by atoms with van der Waals surface area (Å²) >= 11 is 2.66. The lowest BCUT2D eigenvalue weighted by Gasteiger charge is -2.18. The van der Waals surface area contributed by atoms with Gasteiger partial charge in [-0.25, -0.2) is 0 Å². The molecule has 0 saturated carbocycles. The van der Waals surface area contributed by atoms with Crippen LogP contribution in [0.5, 0.6) is 11.5 Å². The number of ketones is 1. The zero-order chi connectivity index (χ0) is 20.2. The van der Waals surface area contributed by atoms with E-state index in [1.165, 1.54) is 23.1 Å². The molecule has 2 aromatic carbocycles. The van der Waals surface area contributed by atoms with Crippen molar-refractivity contribution in [3.63, 3.8) is 0 Å². The molecule has 10 heteroatoms. The molecule has 0 saturated heterocycles. The van der Waals surface area contributed by atoms with Crippen molar-refractivity contribution in [1.82, 2.24) is 10.2 Å². The van der Waals surface area contributed by atoms with Gasteiger partial charge in [-0.2, -0.15) is 0 Å². The molecule has 1 aliphatic heterocycles. The number of thioether (sulfide) groups is 1. The number of aromatic nitrogens is 2. The Morgan fingerprint density at radius 1 is 1.31 bits per heavy atom. The topological polar surface area (TPSA) is 102 Å². The number of para-hydroxylation sites is 2. The quantitative estimate of drug-likeness (QED) is 0.435. The van der Waals surface area contributed by atoms with E-state index >= 15 is 0 Å². The predicted octanol–water partition coefficient (Wildman–Crippen LogP) is 3.60. The Morgan fingerprint density at radius 2 is 2.17 bits per heavy atom. The van der Waals surface area contributed by atoms with Gasteiger partial charge in [0.1, 0.15) is 11.5 Å². The standard InChI is InChI=1S/C19H16N4O4S2/c1-26-15-5-3-2-4-12(15)21-18-22-23-19(29-18)28-10-14(24)11-6-7-16-13(8-11)20-17(25)9-27-16/h2-8H,9-10H2,1H3,(H,20,25)(H,21,22). The number of nitrogens with one attached hydrogen (secondary N) is 2. The van der Waals surface area contributed by atoms with Crippen molar-refractivity contribution in [2.75, 3.05) is 30.1 Å². The molecule has 1 amide bonds. The van der Waals surface area contributed by atoms with Gasteiger partial charge < -0.3 is 20.1 Å². The molecule has 0 radical (unpaired) electrons. The van der Waals surface area contributed by atoms with E-state index in [9.17, 15) is 9.59 Å². The fourth-order valence-electron chi connectivity index (χ4n) is 2.65. The first-order valence-electron chi connectivity index (χ1n) is 8.58. The van der Waals surface area contributed by atoms with Crippen molar-refractivity contribution < 1.29 is 19.1 Å². The smallest absolute Gasteiger partial charge is 0.262 e. The summed E-state index contributed by atoms with van der Waals surface area (Å²) in [6.07, 6.45) is 0. The van der Waals surface area contributed by atoms with E-state index in [1.807, 2.05) is 24.3 Å². The average molecular weight is 428 g/mol. The zero-order valence-electron chi connectivity index (χ0n) is 15.3. The van der Waals surface area contributed by atoms with Crippen molar-refractivity contribution in [1.29, 1.82) is 0 Å². The minimum absolute atomic E-state index is 0.0155. The first-order chi connectivity index (χ1) is 14.1. The van der Waals surface area contributed by atoms with Gasteiger partial charge in [0, 0.05) is 5.56 Å². The molecule has 0 unspecified atom stereocenters. The molecule has 1 aromatic heterocycles. The van der Waals surface area contributed by atoms with Crippen LogP contribution < -0.4 is 20.1 Å². The highest BCUT2D eigenvalue weighted by atomic mass is 32.2. The summed E-state index contributed by atoms with van der Waals surface area (Å²) in [4.78, 5) is 24.0. The van der Waals surface area contributed by atoms with Crippen LogP contribution in [0.2, 0.25) is 0 Å². The van der Waals surface area contributed by atoms with E-state index in [4.69, 9.17) is 9.47 Å². The van der Waals surface area contributed by atoms with Gasteiger partial charge in [0.25, 0.3) is 5.91 Å². The maximum Gasteiger partial charge on any atom is 0.262 e. The van der Waals surface area contributed by atoms with E-state index in [-0.39, 0.29) is 24.1 Å². The van der Waals surface area contributed by atoms with Gasteiger partial charge in [0.2, 0.25) is 5.13 Å². The fraction of sp³-hybridized carbons (Fsp3) is 0.158. The Hall–Kier alpha value is -3.11. The summed E-state index contributed by atoms with van der Waals surface area (Å²) in [6.45, 7) is -0.0155. The molecule has 2 heterocycles. The van der Waals surface area contributed by atoms with Crippen molar-refractivity contribution in [2.24, 2.45) is 0 Å². The number of nitrogens with zero attached hydrogens (tertiary/aromatic N) is 2. The highest BCUT2D eigenvalue weighted by Gasteiger charge is 2.18. The largest absolute Gasteiger partial charge is 0.495 e. The van der Waals surface area contributed by atoms with Crippen molar-refractivity contribution >= 4 is 51.3 Å². The molecule has 3 aromatic rings. The molecular formula is C19H16N4O4S2. The van der Waals surface area contributed by atoms with Crippen LogP contribution in [-0.2, 0) is 4.79 Å². The Morgan fingerprint density at radius 3 is 3.03 bits per heavy atom. The third-order valence-electron chi connectivity index (χ3n) is 4.02. The number of ether oxygens (including phenoxy) is 2. The molecular weight excluding hydrogens is 412 g/mol. The summed E-state index contributed by atoms with van der Waals surface area (Å²) in [6, 6.07) is 12.5. The second-order valence-electron chi connectivity index (χ2n) is 5.96. The van der Waals surface area contributed by atoms with Crippen LogP contribution in [0.25, 0.3) is 0 Å². The van der Waals surface area contributed by atoms with Gasteiger partial charge in [-0.15, -0.1) is 10.2 Å². The fourth-order valence-corrected chi connectivity index (χ4v) is 4.31. The van der Waals surface area contributed by atoms with E-state index in [1.54, 1.807) is 25.3 Å². The Bertz CT molecular complexity index is 1070. The van der Waals surface area contributed by atoms with Crippen molar-refractivity contribution in [3.8, 4) is 11.5 Å². The van der Waals surface area contributed by atoms with Gasteiger partial charge >= 0.3 is 0 Å². The third-order valence-corrected chi connectivity index (χ3v) is 5.99. The number of Topliss-reactive ketones (excluding diaryl/α,β-unsaturated/α-hetero) is 1. The molecule has 0 bridgehead atoms. The van der Waals surface area contributed by atoms with E-state index in [0.717, 1.165) is 5.69 Å².